The van der Waals surface area contributed by atoms with Crippen LogP contribution < -0.4 is 5.32 Å². The van der Waals surface area contributed by atoms with E-state index in [4.69, 9.17) is 0 Å². The number of para-hydroxylation sites is 2. The number of nitrogens with zero attached hydrogens (tertiary/aromatic N) is 2. The van der Waals surface area contributed by atoms with Crippen molar-refractivity contribution in [2.45, 2.75) is 31.8 Å². The summed E-state index contributed by atoms with van der Waals surface area (Å²) in [6.07, 6.45) is 1.22. The van der Waals surface area contributed by atoms with Crippen LogP contribution in [-0.4, -0.2) is 46.1 Å². The Labute approximate surface area is 164 Å². The number of nitro groups is 1. The van der Waals surface area contributed by atoms with E-state index in [0.29, 0.717) is 38.0 Å². The second kappa shape index (κ2) is 8.39. The third kappa shape index (κ3) is 4.86. The minimum Gasteiger partial charge on any atom is -0.388 e. The number of benzene rings is 2. The Balaban J connectivity index is 1.53. The summed E-state index contributed by atoms with van der Waals surface area (Å²) in [6, 6.07) is 14.3. The normalized spacial score (nSPS) is 15.9. The number of anilines is 1. The first-order valence-corrected chi connectivity index (χ1v) is 9.39. The van der Waals surface area contributed by atoms with Crippen LogP contribution in [0.15, 0.2) is 48.5 Å². The van der Waals surface area contributed by atoms with Gasteiger partial charge in [-0.15, -0.1) is 0 Å². The van der Waals surface area contributed by atoms with Gasteiger partial charge in [-0.2, -0.15) is 0 Å². The summed E-state index contributed by atoms with van der Waals surface area (Å²) in [5.41, 5.74) is 1.51. The van der Waals surface area contributed by atoms with Crippen molar-refractivity contribution < 1.29 is 14.8 Å². The summed E-state index contributed by atoms with van der Waals surface area (Å²) in [5.74, 6) is 0.0533. The maximum atomic E-state index is 12.5. The molecule has 0 bridgehead atoms. The van der Waals surface area contributed by atoms with E-state index in [1.165, 1.54) is 6.07 Å². The summed E-state index contributed by atoms with van der Waals surface area (Å²) in [5, 5.41) is 24.9. The Bertz CT molecular complexity index is 843. The minimum atomic E-state index is -0.996. The molecule has 2 N–H and O–H groups in total. The number of aliphatic hydroxyl groups is 1. The van der Waals surface area contributed by atoms with E-state index < -0.39 is 10.5 Å². The van der Waals surface area contributed by atoms with Gasteiger partial charge in [0, 0.05) is 25.7 Å². The summed E-state index contributed by atoms with van der Waals surface area (Å²) < 4.78 is 0. The molecule has 1 amide bonds. The summed E-state index contributed by atoms with van der Waals surface area (Å²) in [6.45, 7) is 3.16. The Morgan fingerprint density at radius 2 is 1.82 bits per heavy atom. The van der Waals surface area contributed by atoms with Crippen LogP contribution in [0.3, 0.4) is 0 Å². The van der Waals surface area contributed by atoms with Crippen molar-refractivity contribution in [3.8, 4) is 0 Å². The summed E-state index contributed by atoms with van der Waals surface area (Å²) in [7, 11) is 0. The van der Waals surface area contributed by atoms with Crippen molar-refractivity contribution in [1.29, 1.82) is 0 Å². The van der Waals surface area contributed by atoms with Crippen molar-refractivity contribution in [2.24, 2.45) is 0 Å². The molecule has 0 spiro atoms. The molecule has 2 aromatic carbocycles. The lowest BCUT2D eigenvalue weighted by Crippen LogP contribution is -2.50. The topological polar surface area (TPSA) is 95.7 Å². The molecule has 1 aliphatic rings. The zero-order valence-corrected chi connectivity index (χ0v) is 15.9. The number of piperidine rings is 1. The lowest BCUT2D eigenvalue weighted by atomic mass is 9.91. The standard InChI is InChI=1S/C21H25N3O4/c1-16-6-8-17(9-7-16)14-20(25)23-12-10-21(26,11-13-23)15-22-18-4-2-3-5-19(18)24(27)28/h2-9,22,26H,10-15H2,1H3. The van der Waals surface area contributed by atoms with Crippen LogP contribution in [-0.2, 0) is 11.2 Å². The van der Waals surface area contributed by atoms with E-state index in [2.05, 4.69) is 5.32 Å². The largest absolute Gasteiger partial charge is 0.388 e. The predicted molar refractivity (Wildman–Crippen MR) is 107 cm³/mol. The van der Waals surface area contributed by atoms with E-state index in [9.17, 15) is 20.0 Å². The van der Waals surface area contributed by atoms with Gasteiger partial charge in [0.25, 0.3) is 5.69 Å². The van der Waals surface area contributed by atoms with E-state index in [1.54, 1.807) is 23.1 Å². The van der Waals surface area contributed by atoms with Crippen LogP contribution >= 0.6 is 0 Å². The third-order valence-corrected chi connectivity index (χ3v) is 5.23. The van der Waals surface area contributed by atoms with Gasteiger partial charge in [0.15, 0.2) is 0 Å². The molecular weight excluding hydrogens is 358 g/mol. The number of nitro benzene ring substituents is 1. The number of rotatable bonds is 6. The molecule has 3 rings (SSSR count). The van der Waals surface area contributed by atoms with Crippen molar-refractivity contribution >= 4 is 17.3 Å². The number of hydrogen-bond acceptors (Lipinski definition) is 5. The van der Waals surface area contributed by atoms with Crippen LogP contribution in [0.5, 0.6) is 0 Å². The first-order chi connectivity index (χ1) is 13.4. The van der Waals surface area contributed by atoms with E-state index in [-0.39, 0.29) is 18.1 Å². The fourth-order valence-corrected chi connectivity index (χ4v) is 3.38. The molecule has 148 valence electrons. The van der Waals surface area contributed by atoms with Gasteiger partial charge in [0.1, 0.15) is 5.69 Å². The van der Waals surface area contributed by atoms with E-state index in [0.717, 1.165) is 11.1 Å². The number of nitrogens with one attached hydrogen (secondary N) is 1. The molecule has 0 radical (unpaired) electrons. The van der Waals surface area contributed by atoms with Crippen LogP contribution in [0.1, 0.15) is 24.0 Å². The Morgan fingerprint density at radius 3 is 2.46 bits per heavy atom. The number of aryl methyl sites for hydroxylation is 1. The average molecular weight is 383 g/mol. The van der Waals surface area contributed by atoms with Gasteiger partial charge >= 0.3 is 0 Å². The molecule has 1 saturated heterocycles. The molecule has 0 atom stereocenters. The molecule has 0 saturated carbocycles. The number of amides is 1. The monoisotopic (exact) mass is 383 g/mol. The smallest absolute Gasteiger partial charge is 0.292 e. The Hall–Kier alpha value is -2.93. The SMILES string of the molecule is Cc1ccc(CC(=O)N2CCC(O)(CNc3ccccc3[N+](=O)[O-])CC2)cc1. The van der Waals surface area contributed by atoms with Gasteiger partial charge in [-0.1, -0.05) is 42.0 Å². The summed E-state index contributed by atoms with van der Waals surface area (Å²) in [4.78, 5) is 24.9. The molecule has 2 aromatic rings. The van der Waals surface area contributed by atoms with Crippen molar-refractivity contribution in [2.75, 3.05) is 25.0 Å². The number of carbonyl (C=O) groups is 1. The van der Waals surface area contributed by atoms with Gasteiger partial charge in [-0.25, -0.2) is 0 Å². The highest BCUT2D eigenvalue weighted by Gasteiger charge is 2.34. The van der Waals surface area contributed by atoms with E-state index in [1.807, 2.05) is 31.2 Å². The fourth-order valence-electron chi connectivity index (χ4n) is 3.38. The summed E-state index contributed by atoms with van der Waals surface area (Å²) >= 11 is 0. The molecule has 7 heteroatoms. The number of carbonyl (C=O) groups excluding carboxylic acids is 1. The highest BCUT2D eigenvalue weighted by molar-refractivity contribution is 5.79. The third-order valence-electron chi connectivity index (χ3n) is 5.23. The fraction of sp³-hybridized carbons (Fsp3) is 0.381. The van der Waals surface area contributed by atoms with Crippen LogP contribution in [0, 0.1) is 17.0 Å². The maximum absolute atomic E-state index is 12.5. The Kier molecular flexibility index (Phi) is 5.94. The first-order valence-electron chi connectivity index (χ1n) is 9.39. The zero-order chi connectivity index (χ0) is 20.1. The van der Waals surface area contributed by atoms with Gasteiger partial charge in [0.2, 0.25) is 5.91 Å². The number of likely N-dealkylation sites (tertiary alicyclic amines) is 1. The lowest BCUT2D eigenvalue weighted by molar-refractivity contribution is -0.384. The van der Waals surface area contributed by atoms with Gasteiger partial charge in [-0.3, -0.25) is 14.9 Å². The first kappa shape index (κ1) is 19.8. The van der Waals surface area contributed by atoms with Crippen LogP contribution in [0.25, 0.3) is 0 Å². The minimum absolute atomic E-state index is 0.0168. The van der Waals surface area contributed by atoms with E-state index >= 15 is 0 Å². The second-order valence-electron chi connectivity index (χ2n) is 7.40. The number of hydrogen-bond donors (Lipinski definition) is 2. The van der Waals surface area contributed by atoms with Crippen molar-refractivity contribution in [3.63, 3.8) is 0 Å². The molecule has 1 heterocycles. The lowest BCUT2D eigenvalue weighted by Gasteiger charge is -2.38. The average Bonchev–Trinajstić information content (AvgIpc) is 2.69. The molecule has 0 unspecified atom stereocenters. The van der Waals surface area contributed by atoms with Crippen molar-refractivity contribution in [1.82, 2.24) is 4.90 Å². The van der Waals surface area contributed by atoms with Crippen LogP contribution in [0.4, 0.5) is 11.4 Å². The molecule has 0 aromatic heterocycles. The van der Waals surface area contributed by atoms with Gasteiger partial charge < -0.3 is 15.3 Å². The van der Waals surface area contributed by atoms with Gasteiger partial charge in [-0.05, 0) is 31.4 Å². The highest BCUT2D eigenvalue weighted by Crippen LogP contribution is 2.27. The second-order valence-corrected chi connectivity index (χ2v) is 7.40. The predicted octanol–water partition coefficient (Wildman–Crippen LogP) is 2.91. The van der Waals surface area contributed by atoms with Crippen LogP contribution in [0.2, 0.25) is 0 Å². The molecule has 28 heavy (non-hydrogen) atoms. The Morgan fingerprint density at radius 1 is 1.18 bits per heavy atom. The molecule has 7 nitrogen and oxygen atoms in total. The molecule has 1 aliphatic heterocycles. The zero-order valence-electron chi connectivity index (χ0n) is 15.9. The van der Waals surface area contributed by atoms with Crippen molar-refractivity contribution in [3.05, 3.63) is 69.8 Å². The molecule has 1 fully saturated rings. The quantitative estimate of drug-likeness (QED) is 0.591. The molecule has 0 aliphatic carbocycles. The molecular formula is C21H25N3O4. The van der Waals surface area contributed by atoms with Gasteiger partial charge in [0.05, 0.1) is 16.9 Å². The maximum Gasteiger partial charge on any atom is 0.292 e. The highest BCUT2D eigenvalue weighted by atomic mass is 16.6.